The van der Waals surface area contributed by atoms with Crippen LogP contribution in [0.1, 0.15) is 33.6 Å². The van der Waals surface area contributed by atoms with E-state index in [1.165, 1.54) is 0 Å². The molecule has 0 aromatic rings. The molecule has 0 saturated carbocycles. The van der Waals surface area contributed by atoms with Crippen LogP contribution in [0.2, 0.25) is 0 Å². The predicted molar refractivity (Wildman–Crippen MR) is 45.6 cm³/mol. The Balaban J connectivity index is 3.67. The molecule has 0 rings (SSSR count). The van der Waals surface area contributed by atoms with Crippen LogP contribution >= 0.6 is 0 Å². The quantitative estimate of drug-likeness (QED) is 0.612. The van der Waals surface area contributed by atoms with Gasteiger partial charge in [-0.3, -0.25) is 4.79 Å². The SMILES string of the molecule is CCC(=O)CC(C)C(C)OC. The Labute approximate surface area is 68.9 Å². The van der Waals surface area contributed by atoms with E-state index >= 15 is 0 Å². The molecule has 0 fully saturated rings. The van der Waals surface area contributed by atoms with Gasteiger partial charge in [0.15, 0.2) is 0 Å². The lowest BCUT2D eigenvalue weighted by Crippen LogP contribution is -2.19. The smallest absolute Gasteiger partial charge is 0.133 e. The molecule has 0 aliphatic heterocycles. The third-order valence-electron chi connectivity index (χ3n) is 2.12. The lowest BCUT2D eigenvalue weighted by atomic mass is 9.98. The van der Waals surface area contributed by atoms with Gasteiger partial charge in [-0.05, 0) is 12.8 Å². The molecule has 0 spiro atoms. The molecule has 0 heterocycles. The Kier molecular flexibility index (Phi) is 5.12. The summed E-state index contributed by atoms with van der Waals surface area (Å²) in [5.74, 6) is 0.661. The molecule has 0 N–H and O–H groups in total. The zero-order chi connectivity index (χ0) is 8.85. The first-order chi connectivity index (χ1) is 5.11. The van der Waals surface area contributed by atoms with Gasteiger partial charge >= 0.3 is 0 Å². The summed E-state index contributed by atoms with van der Waals surface area (Å²) in [6, 6.07) is 0. The van der Waals surface area contributed by atoms with Crippen molar-refractivity contribution in [3.05, 3.63) is 0 Å². The van der Waals surface area contributed by atoms with Crippen LogP contribution in [0.4, 0.5) is 0 Å². The van der Waals surface area contributed by atoms with E-state index in [1.54, 1.807) is 7.11 Å². The zero-order valence-electron chi connectivity index (χ0n) is 7.89. The van der Waals surface area contributed by atoms with Crippen molar-refractivity contribution in [2.24, 2.45) is 5.92 Å². The van der Waals surface area contributed by atoms with Crippen LogP contribution in [-0.2, 0) is 9.53 Å². The van der Waals surface area contributed by atoms with Gasteiger partial charge in [0, 0.05) is 20.0 Å². The van der Waals surface area contributed by atoms with E-state index in [9.17, 15) is 4.79 Å². The first kappa shape index (κ1) is 10.6. The highest BCUT2D eigenvalue weighted by Crippen LogP contribution is 2.11. The van der Waals surface area contributed by atoms with Gasteiger partial charge in [-0.1, -0.05) is 13.8 Å². The third-order valence-corrected chi connectivity index (χ3v) is 2.12. The summed E-state index contributed by atoms with van der Waals surface area (Å²) < 4.78 is 5.11. The van der Waals surface area contributed by atoms with Gasteiger partial charge in [-0.25, -0.2) is 0 Å². The second-order valence-corrected chi connectivity index (χ2v) is 3.01. The molecule has 0 aromatic heterocycles. The number of Topliss-reactive ketones (excluding diaryl/α,β-unsaturated/α-hetero) is 1. The van der Waals surface area contributed by atoms with E-state index < -0.39 is 0 Å². The van der Waals surface area contributed by atoms with Gasteiger partial charge in [0.05, 0.1) is 6.10 Å². The van der Waals surface area contributed by atoms with Crippen molar-refractivity contribution >= 4 is 5.78 Å². The first-order valence-electron chi connectivity index (χ1n) is 4.16. The molecule has 0 aliphatic carbocycles. The van der Waals surface area contributed by atoms with Gasteiger partial charge in [-0.2, -0.15) is 0 Å². The molecular weight excluding hydrogens is 140 g/mol. The van der Waals surface area contributed by atoms with E-state index in [4.69, 9.17) is 4.74 Å². The normalized spacial score (nSPS) is 16.0. The molecule has 2 heteroatoms. The molecule has 2 atom stereocenters. The van der Waals surface area contributed by atoms with Crippen molar-refractivity contribution in [2.45, 2.75) is 39.7 Å². The summed E-state index contributed by atoms with van der Waals surface area (Å²) in [6.07, 6.45) is 1.47. The van der Waals surface area contributed by atoms with Crippen molar-refractivity contribution in [3.63, 3.8) is 0 Å². The Morgan fingerprint density at radius 3 is 2.36 bits per heavy atom. The highest BCUT2D eigenvalue weighted by molar-refractivity contribution is 5.78. The Hall–Kier alpha value is -0.370. The van der Waals surface area contributed by atoms with Gasteiger partial charge in [0.25, 0.3) is 0 Å². The van der Waals surface area contributed by atoms with Gasteiger partial charge < -0.3 is 4.74 Å². The predicted octanol–water partition coefficient (Wildman–Crippen LogP) is 2.03. The minimum Gasteiger partial charge on any atom is -0.381 e. The molecule has 0 aliphatic rings. The van der Waals surface area contributed by atoms with Crippen LogP contribution in [0.15, 0.2) is 0 Å². The van der Waals surface area contributed by atoms with Crippen molar-refractivity contribution < 1.29 is 9.53 Å². The monoisotopic (exact) mass is 158 g/mol. The molecule has 0 amide bonds. The summed E-state index contributed by atoms with van der Waals surface area (Å²) in [5.41, 5.74) is 0. The van der Waals surface area contributed by atoms with E-state index in [-0.39, 0.29) is 6.10 Å². The summed E-state index contributed by atoms with van der Waals surface area (Å²) in [5, 5.41) is 0. The molecule has 2 nitrogen and oxygen atoms in total. The average Bonchev–Trinajstić information content (AvgIpc) is 2.02. The summed E-state index contributed by atoms with van der Waals surface area (Å²) in [4.78, 5) is 11.0. The fourth-order valence-corrected chi connectivity index (χ4v) is 0.902. The second kappa shape index (κ2) is 5.30. The zero-order valence-corrected chi connectivity index (χ0v) is 7.89. The van der Waals surface area contributed by atoms with Gasteiger partial charge in [0.1, 0.15) is 5.78 Å². The van der Waals surface area contributed by atoms with Crippen molar-refractivity contribution in [3.8, 4) is 0 Å². The molecule has 11 heavy (non-hydrogen) atoms. The van der Waals surface area contributed by atoms with Crippen LogP contribution in [0.25, 0.3) is 0 Å². The summed E-state index contributed by atoms with van der Waals surface area (Å²) in [7, 11) is 1.68. The molecular formula is C9H18O2. The number of hydrogen-bond donors (Lipinski definition) is 0. The van der Waals surface area contributed by atoms with Crippen molar-refractivity contribution in [1.29, 1.82) is 0 Å². The fourth-order valence-electron chi connectivity index (χ4n) is 0.902. The summed E-state index contributed by atoms with van der Waals surface area (Å²) >= 11 is 0. The van der Waals surface area contributed by atoms with Crippen LogP contribution in [0, 0.1) is 5.92 Å². The van der Waals surface area contributed by atoms with E-state index in [0.717, 1.165) is 0 Å². The third kappa shape index (κ3) is 4.14. The van der Waals surface area contributed by atoms with Crippen LogP contribution in [-0.4, -0.2) is 19.0 Å². The topological polar surface area (TPSA) is 26.3 Å². The number of ketones is 1. The Morgan fingerprint density at radius 1 is 1.45 bits per heavy atom. The maximum absolute atomic E-state index is 11.0. The number of rotatable bonds is 5. The molecule has 0 radical (unpaired) electrons. The average molecular weight is 158 g/mol. The standard InChI is InChI=1S/C9H18O2/c1-5-9(10)6-7(2)8(3)11-4/h7-8H,5-6H2,1-4H3. The van der Waals surface area contributed by atoms with E-state index in [0.29, 0.717) is 24.5 Å². The Morgan fingerprint density at radius 2 is 2.00 bits per heavy atom. The highest BCUT2D eigenvalue weighted by Gasteiger charge is 2.13. The maximum atomic E-state index is 11.0. The number of ether oxygens (including phenoxy) is 1. The van der Waals surface area contributed by atoms with Gasteiger partial charge in [-0.15, -0.1) is 0 Å². The fraction of sp³-hybridized carbons (Fsp3) is 0.889. The van der Waals surface area contributed by atoms with Crippen LogP contribution in [0.3, 0.4) is 0 Å². The Bertz CT molecular complexity index is 121. The lowest BCUT2D eigenvalue weighted by molar-refractivity contribution is -0.120. The minimum absolute atomic E-state index is 0.186. The lowest BCUT2D eigenvalue weighted by Gasteiger charge is -2.16. The largest absolute Gasteiger partial charge is 0.381 e. The van der Waals surface area contributed by atoms with E-state index in [2.05, 4.69) is 0 Å². The van der Waals surface area contributed by atoms with Crippen LogP contribution in [0.5, 0.6) is 0 Å². The molecule has 0 aromatic carbocycles. The number of carbonyl (C=O) groups excluding carboxylic acids is 1. The maximum Gasteiger partial charge on any atom is 0.133 e. The van der Waals surface area contributed by atoms with Gasteiger partial charge in [0.2, 0.25) is 0 Å². The van der Waals surface area contributed by atoms with Crippen molar-refractivity contribution in [2.75, 3.05) is 7.11 Å². The summed E-state index contributed by atoms with van der Waals surface area (Å²) in [6.45, 7) is 5.93. The number of methoxy groups -OCH3 is 1. The second-order valence-electron chi connectivity index (χ2n) is 3.01. The molecule has 0 saturated heterocycles. The number of carbonyl (C=O) groups is 1. The minimum atomic E-state index is 0.186. The highest BCUT2D eigenvalue weighted by atomic mass is 16.5. The molecule has 2 unspecified atom stereocenters. The first-order valence-corrected chi connectivity index (χ1v) is 4.16. The van der Waals surface area contributed by atoms with Crippen molar-refractivity contribution in [1.82, 2.24) is 0 Å². The van der Waals surface area contributed by atoms with E-state index in [1.807, 2.05) is 20.8 Å². The molecule has 0 bridgehead atoms. The molecule has 66 valence electrons. The number of hydrogen-bond acceptors (Lipinski definition) is 2. The van der Waals surface area contributed by atoms with Crippen LogP contribution < -0.4 is 0 Å².